The van der Waals surface area contributed by atoms with E-state index in [1.165, 1.54) is 0 Å². The molecule has 0 bridgehead atoms. The third-order valence-electron chi connectivity index (χ3n) is 5.27. The van der Waals surface area contributed by atoms with Gasteiger partial charge in [0, 0.05) is 26.2 Å². The first-order valence-corrected chi connectivity index (χ1v) is 10.5. The molecule has 2 aromatic rings. The van der Waals surface area contributed by atoms with Gasteiger partial charge in [-0.25, -0.2) is 0 Å². The molecule has 0 unspecified atom stereocenters. The maximum absolute atomic E-state index is 5.51. The van der Waals surface area contributed by atoms with Crippen LogP contribution in [0.4, 0.5) is 0 Å². The third kappa shape index (κ3) is 5.34. The Hall–Kier alpha value is -2.96. The zero-order valence-corrected chi connectivity index (χ0v) is 17.2. The molecule has 156 valence electrons. The van der Waals surface area contributed by atoms with Gasteiger partial charge in [0.15, 0.2) is 0 Å². The normalized spacial score (nSPS) is 18.8. The van der Waals surface area contributed by atoms with Crippen molar-refractivity contribution in [2.45, 2.75) is 0 Å². The predicted octanol–water partition coefficient (Wildman–Crippen LogP) is 4.10. The fraction of sp³-hybridized carbons (Fsp3) is 0.333. The van der Waals surface area contributed by atoms with E-state index in [0.717, 1.165) is 75.1 Å². The number of ether oxygens (including phenoxy) is 2. The van der Waals surface area contributed by atoms with Gasteiger partial charge < -0.3 is 19.3 Å². The highest BCUT2D eigenvalue weighted by molar-refractivity contribution is 5.65. The summed E-state index contributed by atoms with van der Waals surface area (Å²) in [4.78, 5) is 4.61. The molecule has 0 N–H and O–H groups in total. The molecule has 2 aliphatic rings. The summed E-state index contributed by atoms with van der Waals surface area (Å²) in [5.41, 5.74) is 4.42. The van der Waals surface area contributed by atoms with Gasteiger partial charge in [-0.3, -0.25) is 0 Å². The zero-order valence-electron chi connectivity index (χ0n) is 17.2. The molecule has 0 aromatic heterocycles. The molecular formula is C24H28N4O2. The van der Waals surface area contributed by atoms with E-state index in [-0.39, 0.29) is 0 Å². The van der Waals surface area contributed by atoms with Crippen LogP contribution in [0.2, 0.25) is 0 Å². The largest absolute Gasteiger partial charge is 0.378 e. The third-order valence-corrected chi connectivity index (χ3v) is 5.27. The molecule has 2 aromatic carbocycles. The molecule has 0 atom stereocenters. The lowest BCUT2D eigenvalue weighted by atomic mass is 10.1. The van der Waals surface area contributed by atoms with E-state index < -0.39 is 0 Å². The second-order valence-corrected chi connectivity index (χ2v) is 7.19. The summed E-state index contributed by atoms with van der Waals surface area (Å²) in [5.74, 6) is 0. The summed E-state index contributed by atoms with van der Waals surface area (Å²) in [5, 5.41) is 8.86. The van der Waals surface area contributed by atoms with E-state index >= 15 is 0 Å². The molecule has 2 heterocycles. The van der Waals surface area contributed by atoms with Crippen molar-refractivity contribution in [3.63, 3.8) is 0 Å². The number of azo groups is 1. The average molecular weight is 405 g/mol. The standard InChI is InChI=1S/C24H28N4O2/c1-3-7-21(8-4-1)23(27-11-15-29-16-12-27)19-25-26-20-24(22-9-5-2-6-10-22)28-13-17-30-18-14-28/h1-10,19-20H,11-18H2/b23-19+,24-20+,26-25+. The zero-order chi connectivity index (χ0) is 20.4. The first kappa shape index (κ1) is 20.3. The summed E-state index contributed by atoms with van der Waals surface area (Å²) in [6.07, 6.45) is 3.72. The van der Waals surface area contributed by atoms with Gasteiger partial charge in [0.05, 0.1) is 50.2 Å². The average Bonchev–Trinajstić information content (AvgIpc) is 2.84. The van der Waals surface area contributed by atoms with Crippen molar-refractivity contribution in [1.29, 1.82) is 0 Å². The first-order chi connectivity index (χ1) is 14.9. The number of hydrogen-bond acceptors (Lipinski definition) is 6. The molecule has 2 fully saturated rings. The molecule has 0 aliphatic carbocycles. The van der Waals surface area contributed by atoms with Gasteiger partial charge in [0.1, 0.15) is 0 Å². The molecule has 0 saturated carbocycles. The highest BCUT2D eigenvalue weighted by Crippen LogP contribution is 2.22. The van der Waals surface area contributed by atoms with Gasteiger partial charge in [0.25, 0.3) is 0 Å². The molecule has 4 rings (SSSR count). The highest BCUT2D eigenvalue weighted by Gasteiger charge is 2.16. The van der Waals surface area contributed by atoms with Crippen molar-refractivity contribution in [2.75, 3.05) is 52.6 Å². The van der Waals surface area contributed by atoms with Crippen LogP contribution in [-0.2, 0) is 9.47 Å². The molecule has 0 spiro atoms. The van der Waals surface area contributed by atoms with E-state index in [1.54, 1.807) is 0 Å². The molecule has 30 heavy (non-hydrogen) atoms. The Kier molecular flexibility index (Phi) is 7.26. The summed E-state index contributed by atoms with van der Waals surface area (Å²) in [6.45, 7) is 6.36. The first-order valence-electron chi connectivity index (χ1n) is 10.5. The maximum Gasteiger partial charge on any atom is 0.0735 e. The van der Waals surface area contributed by atoms with Gasteiger partial charge in [-0.15, -0.1) is 0 Å². The number of benzene rings is 2. The maximum atomic E-state index is 5.51. The quantitative estimate of drug-likeness (QED) is 0.680. The van der Waals surface area contributed by atoms with Crippen LogP contribution in [0, 0.1) is 0 Å². The number of nitrogens with zero attached hydrogens (tertiary/aromatic N) is 4. The molecule has 2 aliphatic heterocycles. The fourth-order valence-electron chi connectivity index (χ4n) is 3.68. The Labute approximate surface area is 178 Å². The van der Waals surface area contributed by atoms with Crippen molar-refractivity contribution in [3.8, 4) is 0 Å². The molecule has 6 nitrogen and oxygen atoms in total. The molecule has 2 saturated heterocycles. The Morgan fingerprint density at radius 2 is 0.967 bits per heavy atom. The van der Waals surface area contributed by atoms with Crippen molar-refractivity contribution >= 4 is 11.4 Å². The summed E-state index contributed by atoms with van der Waals surface area (Å²) >= 11 is 0. The second-order valence-electron chi connectivity index (χ2n) is 7.19. The van der Waals surface area contributed by atoms with Crippen LogP contribution in [0.25, 0.3) is 11.4 Å². The Bertz CT molecular complexity index is 795. The van der Waals surface area contributed by atoms with E-state index in [0.29, 0.717) is 0 Å². The minimum absolute atomic E-state index is 0.733. The number of morpholine rings is 2. The minimum Gasteiger partial charge on any atom is -0.378 e. The summed E-state index contributed by atoms with van der Waals surface area (Å²) < 4.78 is 11.0. The van der Waals surface area contributed by atoms with Crippen LogP contribution in [0.3, 0.4) is 0 Å². The van der Waals surface area contributed by atoms with E-state index in [9.17, 15) is 0 Å². The van der Waals surface area contributed by atoms with E-state index in [4.69, 9.17) is 9.47 Å². The lowest BCUT2D eigenvalue weighted by Gasteiger charge is -2.31. The fourth-order valence-corrected chi connectivity index (χ4v) is 3.68. The van der Waals surface area contributed by atoms with Crippen LogP contribution >= 0.6 is 0 Å². The highest BCUT2D eigenvalue weighted by atomic mass is 16.5. The van der Waals surface area contributed by atoms with Crippen LogP contribution in [0.1, 0.15) is 11.1 Å². The van der Waals surface area contributed by atoms with Gasteiger partial charge in [-0.1, -0.05) is 60.7 Å². The van der Waals surface area contributed by atoms with Crippen molar-refractivity contribution in [3.05, 3.63) is 84.2 Å². The molecule has 0 radical (unpaired) electrons. The van der Waals surface area contributed by atoms with Crippen LogP contribution in [0.5, 0.6) is 0 Å². The van der Waals surface area contributed by atoms with Crippen LogP contribution in [-0.4, -0.2) is 62.4 Å². The summed E-state index contributed by atoms with van der Waals surface area (Å²) in [6, 6.07) is 20.7. The number of hydrogen-bond donors (Lipinski definition) is 0. The molecular weight excluding hydrogens is 376 g/mol. The topological polar surface area (TPSA) is 49.7 Å². The van der Waals surface area contributed by atoms with Gasteiger partial charge in [0.2, 0.25) is 0 Å². The van der Waals surface area contributed by atoms with Crippen molar-refractivity contribution in [1.82, 2.24) is 9.80 Å². The van der Waals surface area contributed by atoms with E-state index in [2.05, 4.69) is 44.3 Å². The Balaban J connectivity index is 1.59. The van der Waals surface area contributed by atoms with Crippen molar-refractivity contribution < 1.29 is 9.47 Å². The predicted molar refractivity (Wildman–Crippen MR) is 118 cm³/mol. The van der Waals surface area contributed by atoms with Gasteiger partial charge >= 0.3 is 0 Å². The van der Waals surface area contributed by atoms with Gasteiger partial charge in [-0.05, 0) is 11.1 Å². The second kappa shape index (κ2) is 10.7. The smallest absolute Gasteiger partial charge is 0.0735 e. The number of rotatable bonds is 6. The molecule has 6 heteroatoms. The molecule has 0 amide bonds. The SMILES string of the molecule is C(/N=N/C=C(\c1ccccc1)N1CCOCC1)=C(/c1ccccc1)N1CCOCC1. The monoisotopic (exact) mass is 404 g/mol. The van der Waals surface area contributed by atoms with E-state index in [1.807, 2.05) is 48.8 Å². The van der Waals surface area contributed by atoms with Gasteiger partial charge in [-0.2, -0.15) is 10.2 Å². The lowest BCUT2D eigenvalue weighted by molar-refractivity contribution is 0.0638. The van der Waals surface area contributed by atoms with Crippen LogP contribution < -0.4 is 0 Å². The Morgan fingerprint density at radius 3 is 1.33 bits per heavy atom. The van der Waals surface area contributed by atoms with Crippen molar-refractivity contribution in [2.24, 2.45) is 10.2 Å². The Morgan fingerprint density at radius 1 is 0.600 bits per heavy atom. The van der Waals surface area contributed by atoms with Crippen LogP contribution in [0.15, 0.2) is 83.3 Å². The minimum atomic E-state index is 0.733. The lowest BCUT2D eigenvalue weighted by Crippen LogP contribution is -2.35. The summed E-state index contributed by atoms with van der Waals surface area (Å²) in [7, 11) is 0.